The highest BCUT2D eigenvalue weighted by atomic mass is 19.3. The molecule has 1 aliphatic heterocycles. The van der Waals surface area contributed by atoms with Gasteiger partial charge in [0.1, 0.15) is 0 Å². The smallest absolute Gasteiger partial charge is 0.404 e. The second kappa shape index (κ2) is 4.90. The number of alkyl halides is 2. The number of nitrogens with one attached hydrogen (secondary N) is 1. The molecule has 0 radical (unpaired) electrons. The molecule has 1 aliphatic rings. The lowest BCUT2D eigenvalue weighted by atomic mass is 10.0. The Morgan fingerprint density at radius 1 is 1.71 bits per heavy atom. The fraction of sp³-hybridized carbons (Fsp3) is 0.625. The number of hydrogen-bond donors (Lipinski definition) is 2. The molecule has 0 aliphatic carbocycles. The van der Waals surface area contributed by atoms with Gasteiger partial charge in [0.25, 0.3) is 0 Å². The van der Waals surface area contributed by atoms with Crippen LogP contribution in [0, 0.1) is 5.92 Å². The third-order valence-electron chi connectivity index (χ3n) is 1.95. The van der Waals surface area contributed by atoms with Crippen molar-refractivity contribution < 1.29 is 23.4 Å². The second-order valence-electron chi connectivity index (χ2n) is 2.91. The zero-order chi connectivity index (χ0) is 10.6. The van der Waals surface area contributed by atoms with Crippen molar-refractivity contribution in [2.75, 3.05) is 13.2 Å². The number of hydrogen-bond acceptors (Lipinski definition) is 2. The maximum atomic E-state index is 12.5. The van der Waals surface area contributed by atoms with Gasteiger partial charge in [-0.25, -0.2) is 13.6 Å². The summed E-state index contributed by atoms with van der Waals surface area (Å²) in [6.45, 7) is 0.00294. The zero-order valence-electron chi connectivity index (χ0n) is 7.32. The van der Waals surface area contributed by atoms with Gasteiger partial charge in [-0.1, -0.05) is 12.2 Å². The van der Waals surface area contributed by atoms with Crippen molar-refractivity contribution in [2.45, 2.75) is 12.5 Å². The summed E-state index contributed by atoms with van der Waals surface area (Å²) >= 11 is 0. The van der Waals surface area contributed by atoms with E-state index < -0.39 is 24.5 Å². The predicted molar refractivity (Wildman–Crippen MR) is 44.4 cm³/mol. The van der Waals surface area contributed by atoms with E-state index in [4.69, 9.17) is 9.84 Å². The average Bonchev–Trinajstić information content (AvgIpc) is 2.56. The molecule has 1 heterocycles. The van der Waals surface area contributed by atoms with E-state index in [0.717, 1.165) is 0 Å². The first kappa shape index (κ1) is 10.9. The summed E-state index contributed by atoms with van der Waals surface area (Å²) in [7, 11) is 0. The van der Waals surface area contributed by atoms with Gasteiger partial charge in [-0.2, -0.15) is 0 Å². The molecular formula is C8H11F2NO3. The van der Waals surface area contributed by atoms with Gasteiger partial charge < -0.3 is 15.2 Å². The highest BCUT2D eigenvalue weighted by molar-refractivity contribution is 5.64. The van der Waals surface area contributed by atoms with Crippen LogP contribution < -0.4 is 5.32 Å². The Kier molecular flexibility index (Phi) is 3.82. The summed E-state index contributed by atoms with van der Waals surface area (Å²) in [4.78, 5) is 10.1. The fourth-order valence-electron chi connectivity index (χ4n) is 1.23. The third-order valence-corrected chi connectivity index (χ3v) is 1.95. The molecule has 0 spiro atoms. The van der Waals surface area contributed by atoms with Crippen molar-refractivity contribution in [1.29, 1.82) is 0 Å². The minimum atomic E-state index is -2.60. The third kappa shape index (κ3) is 2.95. The molecule has 2 N–H and O–H groups in total. The molecule has 1 amide bonds. The second-order valence-corrected chi connectivity index (χ2v) is 2.91. The van der Waals surface area contributed by atoms with Gasteiger partial charge in [0, 0.05) is 6.54 Å². The quantitative estimate of drug-likeness (QED) is 0.678. The summed E-state index contributed by atoms with van der Waals surface area (Å²) in [6, 6.07) is 0. The molecule has 0 unspecified atom stereocenters. The van der Waals surface area contributed by atoms with E-state index in [-0.39, 0.29) is 6.54 Å². The van der Waals surface area contributed by atoms with Crippen LogP contribution in [0.15, 0.2) is 12.2 Å². The van der Waals surface area contributed by atoms with E-state index in [2.05, 4.69) is 0 Å². The Morgan fingerprint density at radius 3 is 2.86 bits per heavy atom. The van der Waals surface area contributed by atoms with Crippen LogP contribution in [0.4, 0.5) is 13.6 Å². The molecule has 80 valence electrons. The van der Waals surface area contributed by atoms with Crippen molar-refractivity contribution >= 4 is 6.09 Å². The maximum absolute atomic E-state index is 12.5. The maximum Gasteiger partial charge on any atom is 0.404 e. The predicted octanol–water partition coefficient (Wildman–Crippen LogP) is 1.09. The van der Waals surface area contributed by atoms with Gasteiger partial charge in [0.05, 0.1) is 18.6 Å². The molecule has 0 aromatic heterocycles. The first-order chi connectivity index (χ1) is 6.61. The van der Waals surface area contributed by atoms with Crippen LogP contribution in [-0.4, -0.2) is 36.9 Å². The van der Waals surface area contributed by atoms with E-state index >= 15 is 0 Å². The minimum Gasteiger partial charge on any atom is -0.465 e. The Bertz CT molecular complexity index is 233. The van der Waals surface area contributed by atoms with Crippen LogP contribution in [0.5, 0.6) is 0 Å². The summed E-state index contributed by atoms with van der Waals surface area (Å²) in [5, 5.41) is 10.2. The molecule has 0 saturated carbocycles. The van der Waals surface area contributed by atoms with Gasteiger partial charge in [0.15, 0.2) is 0 Å². The standard InChI is InChI=1S/C8H11F2NO3/c9-7(10)5(4-11-8(12)13)6-2-1-3-14-6/h1-2,5-7,11H,3-4H2,(H,12,13)/t5-,6+/m1/s1. The lowest BCUT2D eigenvalue weighted by molar-refractivity contribution is -0.00877. The Morgan fingerprint density at radius 2 is 2.43 bits per heavy atom. The van der Waals surface area contributed by atoms with Crippen LogP contribution in [-0.2, 0) is 4.74 Å². The molecular weight excluding hydrogens is 196 g/mol. The van der Waals surface area contributed by atoms with Crippen LogP contribution in [0.1, 0.15) is 0 Å². The van der Waals surface area contributed by atoms with Crippen LogP contribution in [0.2, 0.25) is 0 Å². The van der Waals surface area contributed by atoms with Crippen LogP contribution in [0.25, 0.3) is 0 Å². The summed E-state index contributed by atoms with van der Waals surface area (Å²) in [5.74, 6) is -1.12. The number of ether oxygens (including phenoxy) is 1. The van der Waals surface area contributed by atoms with Gasteiger partial charge >= 0.3 is 6.09 Å². The number of carbonyl (C=O) groups is 1. The molecule has 0 bridgehead atoms. The van der Waals surface area contributed by atoms with Crippen molar-refractivity contribution in [2.24, 2.45) is 5.92 Å². The molecule has 14 heavy (non-hydrogen) atoms. The SMILES string of the molecule is O=C(O)NC[C@@H](C(F)F)[C@@H]1C=CCO1. The number of halogens is 2. The first-order valence-electron chi connectivity index (χ1n) is 4.14. The van der Waals surface area contributed by atoms with E-state index in [9.17, 15) is 13.6 Å². The van der Waals surface area contributed by atoms with E-state index in [0.29, 0.717) is 6.61 Å². The highest BCUT2D eigenvalue weighted by Crippen LogP contribution is 2.20. The van der Waals surface area contributed by atoms with Gasteiger partial charge in [-0.15, -0.1) is 0 Å². The lowest BCUT2D eigenvalue weighted by Crippen LogP contribution is -2.37. The molecule has 0 saturated heterocycles. The largest absolute Gasteiger partial charge is 0.465 e. The van der Waals surface area contributed by atoms with Crippen LogP contribution >= 0.6 is 0 Å². The van der Waals surface area contributed by atoms with Gasteiger partial charge in [0.2, 0.25) is 6.43 Å². The summed E-state index contributed by atoms with van der Waals surface area (Å²) in [5.41, 5.74) is 0. The lowest BCUT2D eigenvalue weighted by Gasteiger charge is -2.20. The number of carboxylic acid groups (broad SMARTS) is 1. The first-order valence-corrected chi connectivity index (χ1v) is 4.14. The van der Waals surface area contributed by atoms with Crippen molar-refractivity contribution in [1.82, 2.24) is 5.32 Å². The zero-order valence-corrected chi connectivity index (χ0v) is 7.32. The molecule has 1 rings (SSSR count). The van der Waals surface area contributed by atoms with Crippen molar-refractivity contribution in [3.8, 4) is 0 Å². The number of rotatable bonds is 4. The monoisotopic (exact) mass is 207 g/mol. The van der Waals surface area contributed by atoms with Crippen molar-refractivity contribution in [3.63, 3.8) is 0 Å². The van der Waals surface area contributed by atoms with E-state index in [1.807, 2.05) is 5.32 Å². The Hall–Kier alpha value is -1.17. The average molecular weight is 207 g/mol. The minimum absolute atomic E-state index is 0.304. The van der Waals surface area contributed by atoms with E-state index in [1.165, 1.54) is 6.08 Å². The molecule has 0 fully saturated rings. The topological polar surface area (TPSA) is 58.6 Å². The summed E-state index contributed by atoms with van der Waals surface area (Å²) < 4.78 is 29.9. The van der Waals surface area contributed by atoms with Crippen molar-refractivity contribution in [3.05, 3.63) is 12.2 Å². The molecule has 2 atom stereocenters. The Labute approximate surface area is 79.5 Å². The highest BCUT2D eigenvalue weighted by Gasteiger charge is 2.30. The Balaban J connectivity index is 2.46. The molecule has 0 aromatic rings. The van der Waals surface area contributed by atoms with E-state index in [1.54, 1.807) is 6.08 Å². The molecule has 0 aromatic carbocycles. The molecule has 6 heteroatoms. The normalized spacial score (nSPS) is 22.6. The van der Waals surface area contributed by atoms with Crippen LogP contribution in [0.3, 0.4) is 0 Å². The summed E-state index contributed by atoms with van der Waals surface area (Å²) in [6.07, 6.45) is -1.43. The van der Waals surface area contributed by atoms with Gasteiger partial charge in [-0.3, -0.25) is 0 Å². The molecule has 4 nitrogen and oxygen atoms in total. The fourth-order valence-corrected chi connectivity index (χ4v) is 1.23. The number of amides is 1. The van der Waals surface area contributed by atoms with Gasteiger partial charge in [-0.05, 0) is 0 Å².